The Hall–Kier alpha value is -3.05. The van der Waals surface area contributed by atoms with E-state index in [1.807, 2.05) is 55.5 Å². The van der Waals surface area contributed by atoms with E-state index in [4.69, 9.17) is 14.2 Å². The third-order valence-electron chi connectivity index (χ3n) is 5.36. The molecule has 0 saturated carbocycles. The van der Waals surface area contributed by atoms with Gasteiger partial charge in [-0.3, -0.25) is 9.69 Å². The van der Waals surface area contributed by atoms with Crippen molar-refractivity contribution in [1.29, 1.82) is 0 Å². The van der Waals surface area contributed by atoms with Gasteiger partial charge in [0.05, 0.1) is 21.3 Å². The van der Waals surface area contributed by atoms with Crippen molar-refractivity contribution >= 4 is 17.9 Å². The average molecular weight is 408 g/mol. The maximum Gasteiger partial charge on any atom is 0.187 e. The molecular formula is C25H29NO4. The highest BCUT2D eigenvalue weighted by atomic mass is 16.5. The van der Waals surface area contributed by atoms with E-state index < -0.39 is 0 Å². The van der Waals surface area contributed by atoms with E-state index in [0.29, 0.717) is 24.6 Å². The lowest BCUT2D eigenvalue weighted by Gasteiger charge is -2.29. The summed E-state index contributed by atoms with van der Waals surface area (Å²) in [6.07, 6.45) is 3.86. The lowest BCUT2D eigenvalue weighted by atomic mass is 9.93. The maximum absolute atomic E-state index is 13.4. The molecule has 0 spiro atoms. The Balaban J connectivity index is 2.05. The average Bonchev–Trinajstić information content (AvgIpc) is 2.76. The molecule has 1 heterocycles. The van der Waals surface area contributed by atoms with Crippen molar-refractivity contribution < 1.29 is 19.0 Å². The molecule has 30 heavy (non-hydrogen) atoms. The monoisotopic (exact) mass is 407 g/mol. The van der Waals surface area contributed by atoms with Crippen molar-refractivity contribution in [1.82, 2.24) is 4.90 Å². The van der Waals surface area contributed by atoms with Crippen molar-refractivity contribution in [3.05, 3.63) is 64.2 Å². The number of hydrogen-bond acceptors (Lipinski definition) is 5. The summed E-state index contributed by atoms with van der Waals surface area (Å²) in [7, 11) is 4.87. The Bertz CT molecular complexity index is 991. The van der Waals surface area contributed by atoms with Gasteiger partial charge in [-0.25, -0.2) is 0 Å². The third-order valence-corrected chi connectivity index (χ3v) is 5.36. The summed E-state index contributed by atoms with van der Waals surface area (Å²) in [4.78, 5) is 15.6. The first-order chi connectivity index (χ1) is 14.5. The smallest absolute Gasteiger partial charge is 0.187 e. The molecule has 3 rings (SSSR count). The van der Waals surface area contributed by atoms with Gasteiger partial charge in [-0.15, -0.1) is 0 Å². The molecule has 0 aromatic heterocycles. The van der Waals surface area contributed by atoms with Crippen LogP contribution in [0.4, 0.5) is 0 Å². The number of rotatable bonds is 6. The molecule has 0 unspecified atom stereocenters. The maximum atomic E-state index is 13.4. The minimum absolute atomic E-state index is 0.0492. The first-order valence-corrected chi connectivity index (χ1v) is 10.0. The van der Waals surface area contributed by atoms with E-state index in [0.717, 1.165) is 40.1 Å². The SMILES string of the molecule is CCN1C/C(=C\c2cccc(C)c2OC)C(=O)/C(=C/c2cccc(OC)c2OC)C1. The van der Waals surface area contributed by atoms with Gasteiger partial charge >= 0.3 is 0 Å². The minimum Gasteiger partial charge on any atom is -0.496 e. The first-order valence-electron chi connectivity index (χ1n) is 10.0. The number of carbonyl (C=O) groups is 1. The van der Waals surface area contributed by atoms with Crippen molar-refractivity contribution in [3.8, 4) is 17.2 Å². The number of nitrogens with zero attached hydrogens (tertiary/aromatic N) is 1. The second-order valence-corrected chi connectivity index (χ2v) is 7.25. The first kappa shape index (κ1) is 21.7. The van der Waals surface area contributed by atoms with Gasteiger partial charge in [0.1, 0.15) is 5.75 Å². The van der Waals surface area contributed by atoms with E-state index >= 15 is 0 Å². The van der Waals surface area contributed by atoms with Gasteiger partial charge in [-0.2, -0.15) is 0 Å². The second kappa shape index (κ2) is 9.63. The molecule has 0 radical (unpaired) electrons. The number of likely N-dealkylation sites (N-methyl/N-ethyl adjacent to an activating group) is 1. The van der Waals surface area contributed by atoms with E-state index in [1.165, 1.54) is 0 Å². The Morgan fingerprint density at radius 3 is 1.97 bits per heavy atom. The summed E-state index contributed by atoms with van der Waals surface area (Å²) in [6.45, 7) is 6.16. The number of ketones is 1. The van der Waals surface area contributed by atoms with E-state index in [2.05, 4.69) is 11.8 Å². The van der Waals surface area contributed by atoms with Crippen LogP contribution >= 0.6 is 0 Å². The zero-order valence-electron chi connectivity index (χ0n) is 18.3. The summed E-state index contributed by atoms with van der Waals surface area (Å²) in [5.74, 6) is 2.11. The van der Waals surface area contributed by atoms with Crippen LogP contribution in [0.25, 0.3) is 12.2 Å². The van der Waals surface area contributed by atoms with Crippen LogP contribution < -0.4 is 14.2 Å². The summed E-state index contributed by atoms with van der Waals surface area (Å²) in [5.41, 5.74) is 4.26. The van der Waals surface area contributed by atoms with E-state index in [1.54, 1.807) is 21.3 Å². The molecule has 0 aliphatic carbocycles. The van der Waals surface area contributed by atoms with Crippen molar-refractivity contribution in [3.63, 3.8) is 0 Å². The van der Waals surface area contributed by atoms with E-state index in [9.17, 15) is 4.79 Å². The summed E-state index contributed by atoms with van der Waals surface area (Å²) < 4.78 is 16.5. The zero-order valence-corrected chi connectivity index (χ0v) is 18.3. The van der Waals surface area contributed by atoms with Crippen LogP contribution in [-0.4, -0.2) is 51.6 Å². The Morgan fingerprint density at radius 1 is 0.867 bits per heavy atom. The topological polar surface area (TPSA) is 48.0 Å². The van der Waals surface area contributed by atoms with E-state index in [-0.39, 0.29) is 5.78 Å². The van der Waals surface area contributed by atoms with Crippen LogP contribution in [0.2, 0.25) is 0 Å². The summed E-state index contributed by atoms with van der Waals surface area (Å²) in [5, 5.41) is 0. The Kier molecular flexibility index (Phi) is 6.95. The molecule has 1 fully saturated rings. The highest BCUT2D eigenvalue weighted by Crippen LogP contribution is 2.34. The fourth-order valence-electron chi connectivity index (χ4n) is 3.80. The molecule has 0 bridgehead atoms. The number of benzene rings is 2. The predicted octanol–water partition coefficient (Wildman–Crippen LogP) is 4.39. The van der Waals surface area contributed by atoms with Gasteiger partial charge in [0.2, 0.25) is 0 Å². The van der Waals surface area contributed by atoms with Crippen LogP contribution in [-0.2, 0) is 4.79 Å². The number of aryl methyl sites for hydroxylation is 1. The van der Waals surface area contributed by atoms with Crippen molar-refractivity contribution in [2.75, 3.05) is 41.0 Å². The highest BCUT2D eigenvalue weighted by Gasteiger charge is 2.26. The fraction of sp³-hybridized carbons (Fsp3) is 0.320. The normalized spacial score (nSPS) is 17.4. The minimum atomic E-state index is 0.0492. The molecule has 0 atom stereocenters. The highest BCUT2D eigenvalue weighted by molar-refractivity contribution is 6.14. The van der Waals surface area contributed by atoms with Crippen LogP contribution in [0.15, 0.2) is 47.5 Å². The lowest BCUT2D eigenvalue weighted by molar-refractivity contribution is -0.113. The summed E-state index contributed by atoms with van der Waals surface area (Å²) >= 11 is 0. The van der Waals surface area contributed by atoms with Crippen LogP contribution in [0.3, 0.4) is 0 Å². The largest absolute Gasteiger partial charge is 0.496 e. The molecule has 0 N–H and O–H groups in total. The number of methoxy groups -OCH3 is 3. The summed E-state index contributed by atoms with van der Waals surface area (Å²) in [6, 6.07) is 11.6. The quantitative estimate of drug-likeness (QED) is 0.665. The number of carbonyl (C=O) groups excluding carboxylic acids is 1. The van der Waals surface area contributed by atoms with Crippen LogP contribution in [0.1, 0.15) is 23.6 Å². The third kappa shape index (κ3) is 4.41. The molecule has 1 aliphatic rings. The lowest BCUT2D eigenvalue weighted by Crippen LogP contribution is -2.37. The number of Topliss-reactive ketones (excluding diaryl/α,β-unsaturated/α-hetero) is 1. The van der Waals surface area contributed by atoms with Crippen LogP contribution in [0.5, 0.6) is 17.2 Å². The molecule has 158 valence electrons. The number of para-hydroxylation sites is 2. The van der Waals surface area contributed by atoms with Gasteiger partial charge in [-0.1, -0.05) is 37.3 Å². The van der Waals surface area contributed by atoms with Gasteiger partial charge in [0.25, 0.3) is 0 Å². The second-order valence-electron chi connectivity index (χ2n) is 7.25. The standard InChI is InChI=1S/C25H29NO4/c1-6-26-15-20(13-18-10-7-9-17(2)24(18)29-4)23(27)21(16-26)14-19-11-8-12-22(28-3)25(19)30-5/h7-14H,6,15-16H2,1-5H3/b20-13+,21-14+. The predicted molar refractivity (Wildman–Crippen MR) is 120 cm³/mol. The van der Waals surface area contributed by atoms with Crippen LogP contribution in [0, 0.1) is 6.92 Å². The molecule has 5 nitrogen and oxygen atoms in total. The molecule has 2 aromatic carbocycles. The van der Waals surface area contributed by atoms with Gasteiger partial charge in [0, 0.05) is 35.4 Å². The Morgan fingerprint density at radius 2 is 1.43 bits per heavy atom. The molecule has 1 saturated heterocycles. The number of piperidine rings is 1. The number of likely N-dealkylation sites (tertiary alicyclic amines) is 1. The molecule has 5 heteroatoms. The number of ether oxygens (including phenoxy) is 3. The molecular weight excluding hydrogens is 378 g/mol. The molecule has 0 amide bonds. The zero-order chi connectivity index (χ0) is 21.7. The van der Waals surface area contributed by atoms with Gasteiger partial charge < -0.3 is 14.2 Å². The molecule has 1 aliphatic heterocycles. The molecule has 2 aromatic rings. The van der Waals surface area contributed by atoms with Crippen molar-refractivity contribution in [2.24, 2.45) is 0 Å². The Labute approximate surface area is 178 Å². The number of hydrogen-bond donors (Lipinski definition) is 0. The fourth-order valence-corrected chi connectivity index (χ4v) is 3.80. The van der Waals surface area contributed by atoms with Gasteiger partial charge in [0.15, 0.2) is 17.3 Å². The van der Waals surface area contributed by atoms with Gasteiger partial charge in [-0.05, 0) is 37.3 Å². The van der Waals surface area contributed by atoms with Crippen molar-refractivity contribution in [2.45, 2.75) is 13.8 Å².